The van der Waals surface area contributed by atoms with Gasteiger partial charge in [-0.2, -0.15) is 5.10 Å². The molecular formula is C19H22N4O5. The highest BCUT2D eigenvalue weighted by Crippen LogP contribution is 2.17. The SMILES string of the molecule is CC(=O)NC[C@@H]1CN(C(=O)c2ccc(-n3ncc(C(=O)O)c3C)cc2)CCO1. The summed E-state index contributed by atoms with van der Waals surface area (Å²) in [5.74, 6) is -1.29. The third-order valence-electron chi connectivity index (χ3n) is 4.60. The first-order chi connectivity index (χ1) is 13.4. The van der Waals surface area contributed by atoms with Gasteiger partial charge in [0.05, 0.1) is 30.3 Å². The monoisotopic (exact) mass is 386 g/mol. The number of hydrogen-bond donors (Lipinski definition) is 2. The maximum Gasteiger partial charge on any atom is 0.339 e. The van der Waals surface area contributed by atoms with E-state index in [-0.39, 0.29) is 23.5 Å². The Morgan fingerprint density at radius 3 is 2.61 bits per heavy atom. The summed E-state index contributed by atoms with van der Waals surface area (Å²) in [6.07, 6.45) is 1.07. The van der Waals surface area contributed by atoms with E-state index in [0.717, 1.165) is 0 Å². The Bertz CT molecular complexity index is 890. The summed E-state index contributed by atoms with van der Waals surface area (Å²) in [6.45, 7) is 4.78. The van der Waals surface area contributed by atoms with Crippen LogP contribution >= 0.6 is 0 Å². The molecule has 2 amide bonds. The van der Waals surface area contributed by atoms with Crippen LogP contribution in [0.5, 0.6) is 0 Å². The molecule has 2 N–H and O–H groups in total. The zero-order chi connectivity index (χ0) is 20.3. The predicted octanol–water partition coefficient (Wildman–Crippen LogP) is 0.856. The molecule has 0 spiro atoms. The number of morpholine rings is 1. The van der Waals surface area contributed by atoms with Crippen molar-refractivity contribution in [2.24, 2.45) is 0 Å². The van der Waals surface area contributed by atoms with Gasteiger partial charge in [0.2, 0.25) is 5.91 Å². The van der Waals surface area contributed by atoms with Gasteiger partial charge in [-0.05, 0) is 31.2 Å². The molecule has 1 saturated heterocycles. The molecule has 1 aromatic heterocycles. The molecule has 1 aromatic carbocycles. The number of aromatic carboxylic acids is 1. The first-order valence-electron chi connectivity index (χ1n) is 8.90. The minimum atomic E-state index is -1.03. The van der Waals surface area contributed by atoms with Crippen LogP contribution < -0.4 is 5.32 Å². The molecule has 1 atom stereocenters. The van der Waals surface area contributed by atoms with Crippen molar-refractivity contribution in [3.63, 3.8) is 0 Å². The van der Waals surface area contributed by atoms with Gasteiger partial charge in [0.1, 0.15) is 5.56 Å². The number of carbonyl (C=O) groups excluding carboxylic acids is 2. The molecule has 1 aliphatic heterocycles. The van der Waals surface area contributed by atoms with Crippen LogP contribution in [0.4, 0.5) is 0 Å². The van der Waals surface area contributed by atoms with Gasteiger partial charge < -0.3 is 20.1 Å². The van der Waals surface area contributed by atoms with E-state index in [1.807, 2.05) is 0 Å². The minimum absolute atomic E-state index is 0.119. The summed E-state index contributed by atoms with van der Waals surface area (Å²) in [6, 6.07) is 6.84. The molecule has 3 rings (SSSR count). The molecule has 9 nitrogen and oxygen atoms in total. The van der Waals surface area contributed by atoms with Gasteiger partial charge in [0.25, 0.3) is 5.91 Å². The van der Waals surface area contributed by atoms with Crippen molar-refractivity contribution in [3.05, 3.63) is 47.3 Å². The second-order valence-corrected chi connectivity index (χ2v) is 6.59. The van der Waals surface area contributed by atoms with Crippen molar-refractivity contribution >= 4 is 17.8 Å². The van der Waals surface area contributed by atoms with E-state index in [1.165, 1.54) is 17.8 Å². The van der Waals surface area contributed by atoms with E-state index in [1.54, 1.807) is 36.1 Å². The third kappa shape index (κ3) is 4.20. The number of ether oxygens (including phenoxy) is 1. The lowest BCUT2D eigenvalue weighted by Gasteiger charge is -2.33. The van der Waals surface area contributed by atoms with Crippen LogP contribution in [-0.4, -0.2) is 69.9 Å². The summed E-state index contributed by atoms with van der Waals surface area (Å²) in [5, 5.41) is 15.9. The number of nitrogens with zero attached hydrogens (tertiary/aromatic N) is 3. The summed E-state index contributed by atoms with van der Waals surface area (Å²) < 4.78 is 7.11. The molecule has 0 aliphatic carbocycles. The van der Waals surface area contributed by atoms with Crippen LogP contribution in [0, 0.1) is 6.92 Å². The van der Waals surface area contributed by atoms with Gasteiger partial charge in [-0.3, -0.25) is 9.59 Å². The molecule has 2 heterocycles. The summed E-state index contributed by atoms with van der Waals surface area (Å²) in [5.41, 5.74) is 1.85. The molecule has 1 aliphatic rings. The molecule has 9 heteroatoms. The Balaban J connectivity index is 1.70. The fourth-order valence-electron chi connectivity index (χ4n) is 3.09. The molecule has 148 valence electrons. The summed E-state index contributed by atoms with van der Waals surface area (Å²) >= 11 is 0. The molecular weight excluding hydrogens is 364 g/mol. The highest BCUT2D eigenvalue weighted by molar-refractivity contribution is 5.94. The van der Waals surface area contributed by atoms with E-state index in [0.29, 0.717) is 43.2 Å². The molecule has 28 heavy (non-hydrogen) atoms. The topological polar surface area (TPSA) is 114 Å². The quantitative estimate of drug-likeness (QED) is 0.788. The number of carboxylic acid groups (broad SMARTS) is 1. The number of benzene rings is 1. The molecule has 2 aromatic rings. The normalized spacial score (nSPS) is 16.6. The van der Waals surface area contributed by atoms with Crippen molar-refractivity contribution in [2.45, 2.75) is 20.0 Å². The highest BCUT2D eigenvalue weighted by atomic mass is 16.5. The molecule has 0 radical (unpaired) electrons. The lowest BCUT2D eigenvalue weighted by atomic mass is 10.1. The Kier molecular flexibility index (Phi) is 5.74. The number of carboxylic acids is 1. The number of rotatable bonds is 5. The van der Waals surface area contributed by atoms with Gasteiger partial charge in [-0.1, -0.05) is 0 Å². The van der Waals surface area contributed by atoms with Crippen LogP contribution in [0.1, 0.15) is 33.3 Å². The van der Waals surface area contributed by atoms with Crippen LogP contribution in [0.25, 0.3) is 5.69 Å². The maximum absolute atomic E-state index is 12.8. The Morgan fingerprint density at radius 2 is 2.00 bits per heavy atom. The largest absolute Gasteiger partial charge is 0.478 e. The van der Waals surface area contributed by atoms with Gasteiger partial charge in [-0.15, -0.1) is 0 Å². The first kappa shape index (κ1) is 19.6. The van der Waals surface area contributed by atoms with Crippen molar-refractivity contribution in [1.82, 2.24) is 20.0 Å². The van der Waals surface area contributed by atoms with Gasteiger partial charge in [-0.25, -0.2) is 9.48 Å². The highest BCUT2D eigenvalue weighted by Gasteiger charge is 2.25. The number of carbonyl (C=O) groups is 3. The average Bonchev–Trinajstić information content (AvgIpc) is 3.08. The maximum atomic E-state index is 12.8. The predicted molar refractivity (Wildman–Crippen MR) is 99.6 cm³/mol. The standard InChI is InChI=1S/C19H22N4O5/c1-12-17(19(26)27)10-21-23(12)15-5-3-14(4-6-15)18(25)22-7-8-28-16(11-22)9-20-13(2)24/h3-6,10,16H,7-9,11H2,1-2H3,(H,20,24)(H,26,27)/t16-/m1/s1. The fraction of sp³-hybridized carbons (Fsp3) is 0.368. The van der Waals surface area contributed by atoms with Crippen molar-refractivity contribution in [1.29, 1.82) is 0 Å². The number of aromatic nitrogens is 2. The van der Waals surface area contributed by atoms with E-state index in [2.05, 4.69) is 10.4 Å². The Labute approximate surface area is 161 Å². The van der Waals surface area contributed by atoms with E-state index >= 15 is 0 Å². The zero-order valence-electron chi connectivity index (χ0n) is 15.7. The smallest absolute Gasteiger partial charge is 0.339 e. The van der Waals surface area contributed by atoms with Crippen LogP contribution in [0.2, 0.25) is 0 Å². The van der Waals surface area contributed by atoms with Crippen LogP contribution in [-0.2, 0) is 9.53 Å². The van der Waals surface area contributed by atoms with Gasteiger partial charge in [0, 0.05) is 32.1 Å². The fourth-order valence-corrected chi connectivity index (χ4v) is 3.09. The Morgan fingerprint density at radius 1 is 1.29 bits per heavy atom. The third-order valence-corrected chi connectivity index (χ3v) is 4.60. The van der Waals surface area contributed by atoms with Gasteiger partial charge in [0.15, 0.2) is 0 Å². The van der Waals surface area contributed by atoms with E-state index in [9.17, 15) is 14.4 Å². The second kappa shape index (κ2) is 8.22. The van der Waals surface area contributed by atoms with E-state index < -0.39 is 5.97 Å². The van der Waals surface area contributed by atoms with Crippen molar-refractivity contribution in [2.75, 3.05) is 26.2 Å². The van der Waals surface area contributed by atoms with Crippen molar-refractivity contribution in [3.8, 4) is 5.69 Å². The Hall–Kier alpha value is -3.20. The average molecular weight is 386 g/mol. The number of nitrogens with one attached hydrogen (secondary N) is 1. The number of amides is 2. The number of hydrogen-bond acceptors (Lipinski definition) is 5. The zero-order valence-corrected chi connectivity index (χ0v) is 15.7. The van der Waals surface area contributed by atoms with Crippen LogP contribution in [0.15, 0.2) is 30.5 Å². The van der Waals surface area contributed by atoms with E-state index in [4.69, 9.17) is 9.84 Å². The van der Waals surface area contributed by atoms with Crippen LogP contribution in [0.3, 0.4) is 0 Å². The molecule has 1 fully saturated rings. The van der Waals surface area contributed by atoms with Crippen molar-refractivity contribution < 1.29 is 24.2 Å². The summed E-state index contributed by atoms with van der Waals surface area (Å²) in [4.78, 5) is 36.7. The molecule has 0 unspecified atom stereocenters. The first-order valence-corrected chi connectivity index (χ1v) is 8.90. The second-order valence-electron chi connectivity index (χ2n) is 6.59. The molecule has 0 bridgehead atoms. The minimum Gasteiger partial charge on any atom is -0.478 e. The lowest BCUT2D eigenvalue weighted by molar-refractivity contribution is -0.120. The lowest BCUT2D eigenvalue weighted by Crippen LogP contribution is -2.49. The summed E-state index contributed by atoms with van der Waals surface area (Å²) in [7, 11) is 0. The van der Waals surface area contributed by atoms with Gasteiger partial charge >= 0.3 is 5.97 Å². The molecule has 0 saturated carbocycles.